The van der Waals surface area contributed by atoms with E-state index in [9.17, 15) is 0 Å². The van der Waals surface area contributed by atoms with Crippen LogP contribution < -0.4 is 0 Å². The molecular weight excluding hydrogens is 414 g/mol. The molecule has 0 radical (unpaired) electrons. The Morgan fingerprint density at radius 3 is 2.67 bits per heavy atom. The summed E-state index contributed by atoms with van der Waals surface area (Å²) in [5.74, 6) is 0. The van der Waals surface area contributed by atoms with E-state index in [2.05, 4.69) is 76.0 Å². The van der Waals surface area contributed by atoms with E-state index in [1.165, 1.54) is 16.5 Å². The molecule has 0 nitrogen and oxygen atoms in total. The molecular formula is C8H4I2S2. The fourth-order valence-electron chi connectivity index (χ4n) is 1.02. The summed E-state index contributed by atoms with van der Waals surface area (Å²) >= 11 is 10.8. The SMILES string of the molecule is Sc1cc2sc(I)cc2cc1I. The molecule has 0 amide bonds. The van der Waals surface area contributed by atoms with Gasteiger partial charge in [-0.05, 0) is 68.8 Å². The first kappa shape index (κ1) is 9.54. The van der Waals surface area contributed by atoms with Gasteiger partial charge in [0.1, 0.15) is 0 Å². The summed E-state index contributed by atoms with van der Waals surface area (Å²) in [7, 11) is 0. The Bertz CT molecular complexity index is 395. The van der Waals surface area contributed by atoms with Crippen LogP contribution in [0.15, 0.2) is 23.1 Å². The van der Waals surface area contributed by atoms with Gasteiger partial charge in [-0.3, -0.25) is 0 Å². The molecule has 0 spiro atoms. The van der Waals surface area contributed by atoms with Crippen molar-refractivity contribution in [3.05, 3.63) is 24.7 Å². The number of hydrogen-bond acceptors (Lipinski definition) is 2. The lowest BCUT2D eigenvalue weighted by Crippen LogP contribution is -1.72. The number of thiol groups is 1. The molecule has 0 bridgehead atoms. The van der Waals surface area contributed by atoms with Crippen molar-refractivity contribution in [2.45, 2.75) is 4.90 Å². The van der Waals surface area contributed by atoms with Crippen LogP contribution in [0.1, 0.15) is 0 Å². The molecule has 0 aliphatic heterocycles. The highest BCUT2D eigenvalue weighted by atomic mass is 127. The molecule has 1 aromatic carbocycles. The standard InChI is InChI=1S/C8H4I2S2/c9-5-1-4-2-8(10)12-7(4)3-6(5)11/h1-3,11H. The van der Waals surface area contributed by atoms with E-state index in [-0.39, 0.29) is 0 Å². The third-order valence-electron chi connectivity index (χ3n) is 1.56. The van der Waals surface area contributed by atoms with Crippen LogP contribution in [0.5, 0.6) is 0 Å². The largest absolute Gasteiger partial charge is 0.142 e. The van der Waals surface area contributed by atoms with Gasteiger partial charge in [0.15, 0.2) is 0 Å². The Hall–Kier alpha value is 0.990. The zero-order chi connectivity index (χ0) is 8.72. The molecule has 0 saturated heterocycles. The number of hydrogen-bond donors (Lipinski definition) is 1. The maximum absolute atomic E-state index is 4.38. The van der Waals surface area contributed by atoms with Crippen LogP contribution in [-0.4, -0.2) is 0 Å². The second kappa shape index (κ2) is 3.62. The van der Waals surface area contributed by atoms with E-state index in [0.29, 0.717) is 0 Å². The maximum atomic E-state index is 4.38. The van der Waals surface area contributed by atoms with E-state index in [0.717, 1.165) is 4.90 Å². The maximum Gasteiger partial charge on any atom is 0.0666 e. The van der Waals surface area contributed by atoms with Crippen LogP contribution >= 0.6 is 69.1 Å². The van der Waals surface area contributed by atoms with Crippen LogP contribution in [0.3, 0.4) is 0 Å². The van der Waals surface area contributed by atoms with Gasteiger partial charge in [0.05, 0.1) is 2.88 Å². The average molecular weight is 418 g/mol. The van der Waals surface area contributed by atoms with E-state index >= 15 is 0 Å². The number of fused-ring (bicyclic) bond motifs is 1. The molecule has 1 heterocycles. The predicted octanol–water partition coefficient (Wildman–Crippen LogP) is 4.40. The van der Waals surface area contributed by atoms with Gasteiger partial charge in [-0.1, -0.05) is 0 Å². The highest BCUT2D eigenvalue weighted by Crippen LogP contribution is 2.31. The molecule has 62 valence electrons. The van der Waals surface area contributed by atoms with E-state index in [4.69, 9.17) is 0 Å². The summed E-state index contributed by atoms with van der Waals surface area (Å²) in [5, 5.41) is 1.33. The minimum Gasteiger partial charge on any atom is -0.142 e. The van der Waals surface area contributed by atoms with Crippen molar-refractivity contribution < 1.29 is 0 Å². The van der Waals surface area contributed by atoms with Crippen LogP contribution in [0, 0.1) is 6.45 Å². The second-order valence-corrected chi connectivity index (χ2v) is 7.01. The minimum atomic E-state index is 1.07. The van der Waals surface area contributed by atoms with Crippen LogP contribution in [-0.2, 0) is 0 Å². The zero-order valence-corrected chi connectivity index (χ0v) is 11.9. The quantitative estimate of drug-likeness (QED) is 0.476. The lowest BCUT2D eigenvalue weighted by atomic mass is 10.3. The highest BCUT2D eigenvalue weighted by molar-refractivity contribution is 14.1. The van der Waals surface area contributed by atoms with Crippen LogP contribution in [0.2, 0.25) is 0 Å². The molecule has 0 atom stereocenters. The van der Waals surface area contributed by atoms with Crippen LogP contribution in [0.4, 0.5) is 0 Å². The summed E-state index contributed by atoms with van der Waals surface area (Å²) in [5.41, 5.74) is 0. The molecule has 0 aliphatic carbocycles. The Labute approximate surface area is 107 Å². The van der Waals surface area contributed by atoms with Crippen molar-refractivity contribution in [3.8, 4) is 0 Å². The van der Waals surface area contributed by atoms with Gasteiger partial charge in [0, 0.05) is 13.2 Å². The summed E-state index contributed by atoms with van der Waals surface area (Å²) in [6.07, 6.45) is 0. The Morgan fingerprint density at radius 1 is 1.17 bits per heavy atom. The van der Waals surface area contributed by atoms with Gasteiger partial charge < -0.3 is 0 Å². The Morgan fingerprint density at radius 2 is 1.92 bits per heavy atom. The predicted molar refractivity (Wildman–Crippen MR) is 74.5 cm³/mol. The normalized spacial score (nSPS) is 10.9. The van der Waals surface area contributed by atoms with Gasteiger partial charge in [0.25, 0.3) is 0 Å². The first-order valence-electron chi connectivity index (χ1n) is 3.24. The molecule has 0 aliphatic rings. The first-order chi connectivity index (χ1) is 5.66. The molecule has 4 heteroatoms. The Balaban J connectivity index is 2.83. The molecule has 0 saturated carbocycles. The summed E-state index contributed by atoms with van der Waals surface area (Å²) < 4.78 is 3.87. The summed E-state index contributed by atoms with van der Waals surface area (Å²) in [6.45, 7) is 0. The average Bonchev–Trinajstić information content (AvgIpc) is 2.30. The third-order valence-corrected chi connectivity index (χ3v) is 5.10. The van der Waals surface area contributed by atoms with Crippen molar-refractivity contribution in [3.63, 3.8) is 0 Å². The smallest absolute Gasteiger partial charge is 0.0666 e. The van der Waals surface area contributed by atoms with Gasteiger partial charge in [0.2, 0.25) is 0 Å². The number of halogens is 2. The van der Waals surface area contributed by atoms with Crippen molar-refractivity contribution in [1.29, 1.82) is 0 Å². The van der Waals surface area contributed by atoms with Crippen LogP contribution in [0.25, 0.3) is 10.1 Å². The fraction of sp³-hybridized carbons (Fsp3) is 0. The van der Waals surface area contributed by atoms with Crippen molar-refractivity contribution in [1.82, 2.24) is 0 Å². The number of thiophene rings is 1. The van der Waals surface area contributed by atoms with E-state index in [1.807, 2.05) is 11.3 Å². The molecule has 12 heavy (non-hydrogen) atoms. The number of rotatable bonds is 0. The first-order valence-corrected chi connectivity index (χ1v) is 6.66. The van der Waals surface area contributed by atoms with Crippen molar-refractivity contribution in [2.24, 2.45) is 0 Å². The molecule has 0 unspecified atom stereocenters. The Kier molecular flexibility index (Phi) is 2.88. The number of benzene rings is 1. The van der Waals surface area contributed by atoms with Gasteiger partial charge in [-0.15, -0.1) is 24.0 Å². The van der Waals surface area contributed by atoms with Gasteiger partial charge in [-0.25, -0.2) is 0 Å². The fourth-order valence-corrected chi connectivity index (χ4v) is 3.64. The molecule has 2 rings (SSSR count). The van der Waals surface area contributed by atoms with Crippen molar-refractivity contribution in [2.75, 3.05) is 0 Å². The minimum absolute atomic E-state index is 1.07. The van der Waals surface area contributed by atoms with Crippen molar-refractivity contribution >= 4 is 79.2 Å². The lowest BCUT2D eigenvalue weighted by molar-refractivity contribution is 1.47. The van der Waals surface area contributed by atoms with Gasteiger partial charge >= 0.3 is 0 Å². The van der Waals surface area contributed by atoms with E-state index in [1.54, 1.807) is 0 Å². The summed E-state index contributed by atoms with van der Waals surface area (Å²) in [4.78, 5) is 1.07. The third kappa shape index (κ3) is 1.76. The zero-order valence-electron chi connectivity index (χ0n) is 5.84. The second-order valence-electron chi connectivity index (χ2n) is 2.39. The molecule has 0 N–H and O–H groups in total. The topological polar surface area (TPSA) is 0 Å². The molecule has 1 aromatic heterocycles. The summed E-state index contributed by atoms with van der Waals surface area (Å²) in [6, 6.07) is 6.51. The monoisotopic (exact) mass is 418 g/mol. The molecule has 0 fully saturated rings. The van der Waals surface area contributed by atoms with E-state index < -0.39 is 0 Å². The lowest BCUT2D eigenvalue weighted by Gasteiger charge is -1.95. The highest BCUT2D eigenvalue weighted by Gasteiger charge is 2.02. The van der Waals surface area contributed by atoms with Gasteiger partial charge in [-0.2, -0.15) is 0 Å². The molecule has 2 aromatic rings.